The molecule has 150 valence electrons. The van der Waals surface area contributed by atoms with Crippen molar-refractivity contribution in [2.45, 2.75) is 70.8 Å². The number of hydrogen-bond donors (Lipinski definition) is 1. The van der Waals surface area contributed by atoms with Crippen molar-refractivity contribution in [3.05, 3.63) is 11.6 Å². The summed E-state index contributed by atoms with van der Waals surface area (Å²) in [5.74, 6) is 1.16. The zero-order chi connectivity index (χ0) is 19.4. The molecule has 5 nitrogen and oxygen atoms in total. The molecule has 0 bridgehead atoms. The predicted octanol–water partition coefficient (Wildman–Crippen LogP) is 3.86. The lowest BCUT2D eigenvalue weighted by Gasteiger charge is -2.58. The van der Waals surface area contributed by atoms with E-state index in [0.29, 0.717) is 24.2 Å². The second-order valence-corrected chi connectivity index (χ2v) is 9.61. The lowest BCUT2D eigenvalue weighted by atomic mass is 9.46. The maximum atomic E-state index is 12.4. The van der Waals surface area contributed by atoms with Crippen molar-refractivity contribution in [1.82, 2.24) is 0 Å². The minimum Gasteiger partial charge on any atom is -0.467 e. The number of rotatable bonds is 2. The molecule has 1 N–H and O–H groups in total. The first-order chi connectivity index (χ1) is 12.8. The van der Waals surface area contributed by atoms with Crippen LogP contribution in [0.25, 0.3) is 0 Å². The fourth-order valence-corrected chi connectivity index (χ4v) is 7.28. The average Bonchev–Trinajstić information content (AvgIpc) is 2.94. The highest BCUT2D eigenvalue weighted by Crippen LogP contribution is 2.67. The van der Waals surface area contributed by atoms with E-state index in [1.165, 1.54) is 12.7 Å². The largest absolute Gasteiger partial charge is 0.467 e. The van der Waals surface area contributed by atoms with E-state index in [1.807, 2.05) is 0 Å². The summed E-state index contributed by atoms with van der Waals surface area (Å²) >= 11 is 0. The molecule has 27 heavy (non-hydrogen) atoms. The van der Waals surface area contributed by atoms with Crippen LogP contribution in [0.2, 0.25) is 0 Å². The maximum Gasteiger partial charge on any atom is 0.338 e. The van der Waals surface area contributed by atoms with Crippen molar-refractivity contribution in [2.24, 2.45) is 33.7 Å². The summed E-state index contributed by atoms with van der Waals surface area (Å²) in [6.45, 7) is 4.57. The molecule has 0 aliphatic heterocycles. The van der Waals surface area contributed by atoms with E-state index in [-0.39, 0.29) is 10.8 Å². The highest BCUT2D eigenvalue weighted by Gasteiger charge is 2.67. The number of carbonyl (C=O) groups excluding carboxylic acids is 1. The van der Waals surface area contributed by atoms with E-state index in [4.69, 9.17) is 9.57 Å². The van der Waals surface area contributed by atoms with Crippen LogP contribution in [0.15, 0.2) is 16.8 Å². The number of oxime groups is 1. The molecule has 4 aliphatic rings. The van der Waals surface area contributed by atoms with Gasteiger partial charge < -0.3 is 14.7 Å². The Morgan fingerprint density at radius 2 is 1.85 bits per heavy atom. The van der Waals surface area contributed by atoms with E-state index in [1.54, 1.807) is 7.11 Å². The van der Waals surface area contributed by atoms with E-state index in [9.17, 15) is 9.90 Å². The zero-order valence-corrected chi connectivity index (χ0v) is 17.1. The van der Waals surface area contributed by atoms with Crippen LogP contribution in [0, 0.1) is 28.6 Å². The fourth-order valence-electron chi connectivity index (χ4n) is 7.28. The molecule has 5 heteroatoms. The number of allylic oxidation sites excluding steroid dienone is 2. The quantitative estimate of drug-likeness (QED) is 0.588. The predicted molar refractivity (Wildman–Crippen MR) is 103 cm³/mol. The van der Waals surface area contributed by atoms with Crippen LogP contribution in [0.5, 0.6) is 0 Å². The molecule has 4 aliphatic carbocycles. The highest BCUT2D eigenvalue weighted by atomic mass is 16.6. The molecule has 3 unspecified atom stereocenters. The van der Waals surface area contributed by atoms with Crippen LogP contribution in [0.3, 0.4) is 0 Å². The minimum atomic E-state index is -1.32. The molecular weight excluding hydrogens is 342 g/mol. The first-order valence-corrected chi connectivity index (χ1v) is 10.4. The summed E-state index contributed by atoms with van der Waals surface area (Å²) < 4.78 is 5.00. The SMILES string of the molecule is CON=C1C=C2CCC3C(CC[C@@]4(C)C3CC[C@]4(O)C(=O)OC)[C@@]2(C)CC1. The summed E-state index contributed by atoms with van der Waals surface area (Å²) in [7, 11) is 3.00. The number of methoxy groups -OCH3 is 1. The average molecular weight is 376 g/mol. The number of carbonyl (C=O) groups is 1. The topological polar surface area (TPSA) is 68.1 Å². The lowest BCUT2D eigenvalue weighted by Crippen LogP contribution is -2.57. The standard InChI is InChI=1S/C22H33NO4/c1-20-10-7-15(23-27-4)13-14(20)5-6-16-17(20)8-11-21(2)18(16)9-12-22(21,25)19(24)26-3/h13,16-18,25H,5-12H2,1-4H3/t16?,17?,18?,20-,21-,22-/m0/s1. The van der Waals surface area contributed by atoms with Crippen molar-refractivity contribution < 1.29 is 19.5 Å². The van der Waals surface area contributed by atoms with E-state index in [0.717, 1.165) is 50.7 Å². The second-order valence-electron chi connectivity index (χ2n) is 9.61. The molecular formula is C22H33NO4. The Hall–Kier alpha value is -1.36. The molecule has 0 aromatic rings. The van der Waals surface area contributed by atoms with E-state index in [2.05, 4.69) is 25.1 Å². The number of hydrogen-bond acceptors (Lipinski definition) is 5. The van der Waals surface area contributed by atoms with Gasteiger partial charge in [-0.3, -0.25) is 0 Å². The first-order valence-electron chi connectivity index (χ1n) is 10.4. The molecule has 6 atom stereocenters. The Bertz CT molecular complexity index is 700. The number of esters is 1. The summed E-state index contributed by atoms with van der Waals surface area (Å²) in [6.07, 6.45) is 10.0. The van der Waals surface area contributed by atoms with Gasteiger partial charge in [0.1, 0.15) is 7.11 Å². The molecule has 3 fully saturated rings. The van der Waals surface area contributed by atoms with Gasteiger partial charge in [-0.1, -0.05) is 24.6 Å². The van der Waals surface area contributed by atoms with Gasteiger partial charge in [-0.25, -0.2) is 4.79 Å². The Balaban J connectivity index is 1.65. The van der Waals surface area contributed by atoms with Crippen molar-refractivity contribution >= 4 is 11.7 Å². The van der Waals surface area contributed by atoms with Crippen LogP contribution in [-0.4, -0.2) is 36.6 Å². The Kier molecular flexibility index (Phi) is 4.45. The van der Waals surface area contributed by atoms with Gasteiger partial charge in [0, 0.05) is 5.41 Å². The molecule has 0 spiro atoms. The third-order valence-corrected chi connectivity index (χ3v) is 8.86. The van der Waals surface area contributed by atoms with Crippen molar-refractivity contribution in [1.29, 1.82) is 0 Å². The van der Waals surface area contributed by atoms with Crippen LogP contribution in [0.4, 0.5) is 0 Å². The van der Waals surface area contributed by atoms with Crippen LogP contribution < -0.4 is 0 Å². The summed E-state index contributed by atoms with van der Waals surface area (Å²) in [4.78, 5) is 17.4. The van der Waals surface area contributed by atoms with E-state index >= 15 is 0 Å². The van der Waals surface area contributed by atoms with Gasteiger partial charge in [0.15, 0.2) is 5.60 Å². The number of fused-ring (bicyclic) bond motifs is 5. The Morgan fingerprint density at radius 3 is 2.56 bits per heavy atom. The molecule has 0 saturated heterocycles. The zero-order valence-electron chi connectivity index (χ0n) is 17.1. The maximum absolute atomic E-state index is 12.4. The van der Waals surface area contributed by atoms with E-state index < -0.39 is 11.6 Å². The lowest BCUT2D eigenvalue weighted by molar-refractivity contribution is -0.184. The molecule has 4 rings (SSSR count). The normalized spacial score (nSPS) is 47.5. The van der Waals surface area contributed by atoms with Crippen LogP contribution in [0.1, 0.15) is 65.2 Å². The number of nitrogens with zero attached hydrogens (tertiary/aromatic N) is 1. The number of aliphatic hydroxyl groups is 1. The van der Waals surface area contributed by atoms with Crippen molar-refractivity contribution in [3.63, 3.8) is 0 Å². The third kappa shape index (κ3) is 2.46. The molecule has 0 amide bonds. The van der Waals surface area contributed by atoms with Gasteiger partial charge in [0.05, 0.1) is 12.8 Å². The first kappa shape index (κ1) is 19.0. The van der Waals surface area contributed by atoms with Gasteiger partial charge in [-0.15, -0.1) is 0 Å². The fraction of sp³-hybridized carbons (Fsp3) is 0.818. The number of ether oxygens (including phenoxy) is 1. The van der Waals surface area contributed by atoms with Gasteiger partial charge in [-0.2, -0.15) is 0 Å². The summed E-state index contributed by atoms with van der Waals surface area (Å²) in [5.41, 5.74) is 1.11. The monoisotopic (exact) mass is 375 g/mol. The third-order valence-electron chi connectivity index (χ3n) is 8.86. The van der Waals surface area contributed by atoms with Gasteiger partial charge >= 0.3 is 5.97 Å². The van der Waals surface area contributed by atoms with Crippen LogP contribution in [-0.2, 0) is 14.4 Å². The molecule has 3 saturated carbocycles. The highest BCUT2D eigenvalue weighted by molar-refractivity contribution is 5.96. The Labute approximate surface area is 162 Å². The second kappa shape index (κ2) is 6.33. The van der Waals surface area contributed by atoms with Crippen LogP contribution >= 0.6 is 0 Å². The Morgan fingerprint density at radius 1 is 1.11 bits per heavy atom. The van der Waals surface area contributed by atoms with Crippen molar-refractivity contribution in [2.75, 3.05) is 14.2 Å². The summed E-state index contributed by atoms with van der Waals surface area (Å²) in [6, 6.07) is 0. The van der Waals surface area contributed by atoms with Gasteiger partial charge in [0.25, 0.3) is 0 Å². The van der Waals surface area contributed by atoms with Gasteiger partial charge in [0.2, 0.25) is 0 Å². The minimum absolute atomic E-state index is 0.211. The molecule has 0 radical (unpaired) electrons. The molecule has 0 heterocycles. The van der Waals surface area contributed by atoms with Crippen molar-refractivity contribution in [3.8, 4) is 0 Å². The molecule has 0 aromatic heterocycles. The smallest absolute Gasteiger partial charge is 0.338 e. The molecule has 0 aromatic carbocycles. The summed E-state index contributed by atoms with van der Waals surface area (Å²) in [5, 5.41) is 15.5. The van der Waals surface area contributed by atoms with Gasteiger partial charge in [-0.05, 0) is 80.6 Å².